The van der Waals surface area contributed by atoms with Crippen LogP contribution in [0, 0.1) is 19.8 Å². The maximum absolute atomic E-state index is 11.8. The minimum Gasteiger partial charge on any atom is -0.508 e. The second-order valence-electron chi connectivity index (χ2n) is 4.54. The fourth-order valence-electron chi connectivity index (χ4n) is 1.86. The van der Waals surface area contributed by atoms with Gasteiger partial charge in [0.05, 0.1) is 12.0 Å². The first-order chi connectivity index (χ1) is 8.02. The third-order valence-electron chi connectivity index (χ3n) is 3.28. The summed E-state index contributed by atoms with van der Waals surface area (Å²) in [5.41, 5.74) is 2.43. The number of phenolic OH excluding ortho intramolecular Hbond substituents is 1. The molecule has 1 fully saturated rings. The number of amides is 1. The third-order valence-corrected chi connectivity index (χ3v) is 3.28. The zero-order chi connectivity index (χ0) is 12.6. The molecule has 0 heterocycles. The van der Waals surface area contributed by atoms with Gasteiger partial charge in [-0.15, -0.1) is 0 Å². The number of ether oxygens (including phenoxy) is 1. The van der Waals surface area contributed by atoms with Crippen LogP contribution in [0.1, 0.15) is 17.5 Å². The average molecular weight is 235 g/mol. The highest BCUT2D eigenvalue weighted by atomic mass is 16.5. The van der Waals surface area contributed by atoms with Crippen molar-refractivity contribution in [3.05, 3.63) is 23.3 Å². The number of phenols is 1. The Kier molecular flexibility index (Phi) is 3.07. The van der Waals surface area contributed by atoms with Crippen molar-refractivity contribution in [3.63, 3.8) is 0 Å². The van der Waals surface area contributed by atoms with E-state index in [2.05, 4.69) is 5.32 Å². The van der Waals surface area contributed by atoms with Gasteiger partial charge >= 0.3 is 0 Å². The fraction of sp³-hybridized carbons (Fsp3) is 0.462. The van der Waals surface area contributed by atoms with Gasteiger partial charge in [0.2, 0.25) is 5.91 Å². The standard InChI is InChI=1S/C13H17NO3/c1-7-4-9(5-11(15)8(7)2)14-13(16)10-6-12(10)17-3/h4-5,10,12,15H,6H2,1-3H3,(H,14,16)/t10-,12-/m1/s1. The molecule has 4 heteroatoms. The Morgan fingerprint density at radius 3 is 2.71 bits per heavy atom. The Hall–Kier alpha value is -1.55. The van der Waals surface area contributed by atoms with Crippen LogP contribution in [0.3, 0.4) is 0 Å². The summed E-state index contributed by atoms with van der Waals surface area (Å²) in [5, 5.41) is 12.5. The fourth-order valence-corrected chi connectivity index (χ4v) is 1.86. The van der Waals surface area contributed by atoms with Crippen LogP contribution in [0.25, 0.3) is 0 Å². The number of aryl methyl sites for hydroxylation is 1. The summed E-state index contributed by atoms with van der Waals surface area (Å²) in [6, 6.07) is 3.43. The number of aromatic hydroxyl groups is 1. The van der Waals surface area contributed by atoms with E-state index in [9.17, 15) is 9.90 Å². The predicted molar refractivity (Wildman–Crippen MR) is 65.1 cm³/mol. The molecule has 0 aromatic heterocycles. The number of carbonyl (C=O) groups is 1. The molecule has 2 rings (SSSR count). The number of rotatable bonds is 3. The lowest BCUT2D eigenvalue weighted by atomic mass is 10.1. The number of hydrogen-bond acceptors (Lipinski definition) is 3. The van der Waals surface area contributed by atoms with Crippen molar-refractivity contribution in [3.8, 4) is 5.75 Å². The van der Waals surface area contributed by atoms with E-state index in [1.165, 1.54) is 0 Å². The molecule has 2 N–H and O–H groups in total. The molecule has 0 bridgehead atoms. The zero-order valence-corrected chi connectivity index (χ0v) is 10.3. The topological polar surface area (TPSA) is 58.6 Å². The van der Waals surface area contributed by atoms with E-state index in [1.54, 1.807) is 13.2 Å². The molecule has 92 valence electrons. The highest BCUT2D eigenvalue weighted by Gasteiger charge is 2.43. The van der Waals surface area contributed by atoms with Gasteiger partial charge in [0, 0.05) is 18.9 Å². The lowest BCUT2D eigenvalue weighted by molar-refractivity contribution is -0.118. The Morgan fingerprint density at radius 1 is 1.47 bits per heavy atom. The van der Waals surface area contributed by atoms with Crippen molar-refractivity contribution in [2.45, 2.75) is 26.4 Å². The van der Waals surface area contributed by atoms with Crippen molar-refractivity contribution < 1.29 is 14.6 Å². The third kappa shape index (κ3) is 2.42. The van der Waals surface area contributed by atoms with E-state index in [0.717, 1.165) is 17.5 Å². The van der Waals surface area contributed by atoms with Gasteiger partial charge < -0.3 is 15.2 Å². The van der Waals surface area contributed by atoms with Crippen LogP contribution in [-0.4, -0.2) is 24.2 Å². The summed E-state index contributed by atoms with van der Waals surface area (Å²) in [7, 11) is 1.61. The molecule has 1 saturated carbocycles. The Bertz CT molecular complexity index is 433. The zero-order valence-electron chi connectivity index (χ0n) is 10.3. The van der Waals surface area contributed by atoms with E-state index >= 15 is 0 Å². The van der Waals surface area contributed by atoms with Crippen LogP contribution >= 0.6 is 0 Å². The number of anilines is 1. The number of hydrogen-bond donors (Lipinski definition) is 2. The summed E-state index contributed by atoms with van der Waals surface area (Å²) >= 11 is 0. The molecule has 1 amide bonds. The monoisotopic (exact) mass is 235 g/mol. The van der Waals surface area contributed by atoms with Crippen LogP contribution in [0.5, 0.6) is 5.75 Å². The van der Waals surface area contributed by atoms with Gasteiger partial charge in [0.1, 0.15) is 5.75 Å². The van der Waals surface area contributed by atoms with Crippen molar-refractivity contribution in [1.82, 2.24) is 0 Å². The molecule has 1 aliphatic carbocycles. The molecule has 1 aromatic rings. The lowest BCUT2D eigenvalue weighted by Crippen LogP contribution is -2.16. The summed E-state index contributed by atoms with van der Waals surface area (Å²) in [6.45, 7) is 3.75. The quantitative estimate of drug-likeness (QED) is 0.842. The van der Waals surface area contributed by atoms with Crippen LogP contribution in [0.15, 0.2) is 12.1 Å². The molecule has 0 saturated heterocycles. The number of methoxy groups -OCH3 is 1. The van der Waals surface area contributed by atoms with Gasteiger partial charge in [-0.2, -0.15) is 0 Å². The molecular weight excluding hydrogens is 218 g/mol. The molecular formula is C13H17NO3. The van der Waals surface area contributed by atoms with Crippen molar-refractivity contribution in [2.75, 3.05) is 12.4 Å². The van der Waals surface area contributed by atoms with Crippen molar-refractivity contribution in [1.29, 1.82) is 0 Å². The second-order valence-corrected chi connectivity index (χ2v) is 4.54. The van der Waals surface area contributed by atoms with E-state index in [-0.39, 0.29) is 23.7 Å². The molecule has 1 aliphatic rings. The van der Waals surface area contributed by atoms with E-state index in [1.807, 2.05) is 19.9 Å². The lowest BCUT2D eigenvalue weighted by Gasteiger charge is -2.09. The molecule has 0 unspecified atom stereocenters. The smallest absolute Gasteiger partial charge is 0.230 e. The number of benzene rings is 1. The van der Waals surface area contributed by atoms with Crippen LogP contribution < -0.4 is 5.32 Å². The average Bonchev–Trinajstić information content (AvgIpc) is 3.05. The summed E-state index contributed by atoms with van der Waals surface area (Å²) < 4.78 is 5.09. The highest BCUT2D eigenvalue weighted by molar-refractivity contribution is 5.95. The maximum Gasteiger partial charge on any atom is 0.230 e. The molecule has 0 spiro atoms. The molecule has 0 aliphatic heterocycles. The van der Waals surface area contributed by atoms with Gasteiger partial charge in [-0.25, -0.2) is 0 Å². The number of nitrogens with one attached hydrogen (secondary N) is 1. The Labute approximate surface area is 101 Å². The minimum absolute atomic E-state index is 0.0421. The SMILES string of the molecule is CO[C@@H]1C[C@H]1C(=O)Nc1cc(C)c(C)c(O)c1. The second kappa shape index (κ2) is 4.37. The minimum atomic E-state index is -0.0521. The van der Waals surface area contributed by atoms with Crippen LogP contribution in [0.4, 0.5) is 5.69 Å². The summed E-state index contributed by atoms with van der Waals surface area (Å²) in [6.07, 6.45) is 0.828. The highest BCUT2D eigenvalue weighted by Crippen LogP contribution is 2.34. The summed E-state index contributed by atoms with van der Waals surface area (Å²) in [4.78, 5) is 11.8. The van der Waals surface area contributed by atoms with Crippen molar-refractivity contribution in [2.24, 2.45) is 5.92 Å². The van der Waals surface area contributed by atoms with E-state index in [4.69, 9.17) is 4.74 Å². The Balaban J connectivity index is 2.07. The van der Waals surface area contributed by atoms with E-state index in [0.29, 0.717) is 5.69 Å². The maximum atomic E-state index is 11.8. The first-order valence-corrected chi connectivity index (χ1v) is 5.66. The van der Waals surface area contributed by atoms with Gasteiger partial charge in [-0.05, 0) is 37.5 Å². The Morgan fingerprint density at radius 2 is 2.18 bits per heavy atom. The predicted octanol–water partition coefficient (Wildman–Crippen LogP) is 1.98. The van der Waals surface area contributed by atoms with Gasteiger partial charge in [-0.1, -0.05) is 0 Å². The van der Waals surface area contributed by atoms with Gasteiger partial charge in [0.15, 0.2) is 0 Å². The van der Waals surface area contributed by atoms with E-state index < -0.39 is 0 Å². The van der Waals surface area contributed by atoms with Crippen LogP contribution in [0.2, 0.25) is 0 Å². The normalized spacial score (nSPS) is 22.3. The molecule has 4 nitrogen and oxygen atoms in total. The number of carbonyl (C=O) groups excluding carboxylic acids is 1. The van der Waals surface area contributed by atoms with Crippen molar-refractivity contribution >= 4 is 11.6 Å². The molecule has 0 radical (unpaired) electrons. The molecule has 2 atom stereocenters. The first-order valence-electron chi connectivity index (χ1n) is 5.66. The van der Waals surface area contributed by atoms with Crippen LogP contribution in [-0.2, 0) is 9.53 Å². The molecule has 17 heavy (non-hydrogen) atoms. The largest absolute Gasteiger partial charge is 0.508 e. The van der Waals surface area contributed by atoms with Gasteiger partial charge in [0.25, 0.3) is 0 Å². The molecule has 1 aromatic carbocycles. The summed E-state index contributed by atoms with van der Waals surface area (Å²) in [5.74, 6) is 0.114. The van der Waals surface area contributed by atoms with Gasteiger partial charge in [-0.3, -0.25) is 4.79 Å². The first kappa shape index (κ1) is 11.9.